The minimum absolute atomic E-state index is 0.236. The zero-order valence-electron chi connectivity index (χ0n) is 15.9. The van der Waals surface area contributed by atoms with E-state index in [2.05, 4.69) is 20.4 Å². The molecule has 0 aliphatic carbocycles. The minimum Gasteiger partial charge on any atom is -0.319 e. The van der Waals surface area contributed by atoms with Crippen LogP contribution in [0.15, 0.2) is 78.0 Å². The van der Waals surface area contributed by atoms with Crippen LogP contribution in [0.3, 0.4) is 0 Å². The van der Waals surface area contributed by atoms with Crippen LogP contribution in [-0.2, 0) is 0 Å². The molecule has 152 valence electrons. The number of fused-ring (bicyclic) bond motifs is 1. The van der Waals surface area contributed by atoms with Crippen LogP contribution in [0.5, 0.6) is 0 Å². The molecule has 0 radical (unpaired) electrons. The van der Waals surface area contributed by atoms with E-state index >= 15 is 0 Å². The van der Waals surface area contributed by atoms with Crippen LogP contribution in [0.1, 0.15) is 9.67 Å². The molecule has 31 heavy (non-hydrogen) atoms. The second kappa shape index (κ2) is 7.82. The first-order chi connectivity index (χ1) is 15.1. The van der Waals surface area contributed by atoms with Crippen molar-refractivity contribution in [3.8, 4) is 16.1 Å². The van der Waals surface area contributed by atoms with E-state index in [1.807, 2.05) is 42.5 Å². The molecule has 0 saturated carbocycles. The molecular weight excluding hydrogens is 434 g/mol. The molecule has 3 heterocycles. The Morgan fingerprint density at radius 3 is 2.71 bits per heavy atom. The molecule has 3 aromatic heterocycles. The summed E-state index contributed by atoms with van der Waals surface area (Å²) in [5.41, 5.74) is 2.30. The number of rotatable bonds is 4. The number of hydrogen-bond donors (Lipinski definition) is 2. The SMILES string of the molecule is O=C(Nc1ccccc1-n1ncc2c(=O)[nH]cnc21)c1ccc(-c2ccc(Cl)cc2)s1. The van der Waals surface area contributed by atoms with E-state index in [1.165, 1.54) is 28.5 Å². The van der Waals surface area contributed by atoms with Crippen molar-refractivity contribution in [1.82, 2.24) is 19.7 Å². The molecule has 0 fully saturated rings. The first kappa shape index (κ1) is 19.2. The van der Waals surface area contributed by atoms with Crippen molar-refractivity contribution < 1.29 is 4.79 Å². The summed E-state index contributed by atoms with van der Waals surface area (Å²) in [6, 6.07) is 18.4. The van der Waals surface area contributed by atoms with Gasteiger partial charge >= 0.3 is 0 Å². The van der Waals surface area contributed by atoms with Gasteiger partial charge in [0.25, 0.3) is 11.5 Å². The number of amides is 1. The van der Waals surface area contributed by atoms with E-state index in [-0.39, 0.29) is 11.5 Å². The highest BCUT2D eigenvalue weighted by Crippen LogP contribution is 2.30. The number of halogens is 1. The van der Waals surface area contributed by atoms with E-state index < -0.39 is 0 Å². The number of nitrogens with zero attached hydrogens (tertiary/aromatic N) is 3. The number of H-pyrrole nitrogens is 1. The highest BCUT2D eigenvalue weighted by molar-refractivity contribution is 7.17. The number of aromatic nitrogens is 4. The fraction of sp³-hybridized carbons (Fsp3) is 0. The number of para-hydroxylation sites is 2. The summed E-state index contributed by atoms with van der Waals surface area (Å²) in [4.78, 5) is 33.2. The Bertz CT molecular complexity index is 1470. The Balaban J connectivity index is 1.46. The number of carbonyl (C=O) groups excluding carboxylic acids is 1. The molecule has 9 heteroatoms. The van der Waals surface area contributed by atoms with Gasteiger partial charge in [0.1, 0.15) is 5.39 Å². The maximum Gasteiger partial charge on any atom is 0.265 e. The number of hydrogen-bond acceptors (Lipinski definition) is 5. The van der Waals surface area contributed by atoms with E-state index in [0.717, 1.165) is 10.4 Å². The third-order valence-corrected chi connectivity index (χ3v) is 6.09. The van der Waals surface area contributed by atoms with Gasteiger partial charge in [0, 0.05) is 9.90 Å². The van der Waals surface area contributed by atoms with Crippen molar-refractivity contribution in [3.63, 3.8) is 0 Å². The second-order valence-corrected chi connectivity index (χ2v) is 8.19. The zero-order chi connectivity index (χ0) is 21.4. The van der Waals surface area contributed by atoms with Crippen LogP contribution in [0.2, 0.25) is 5.02 Å². The van der Waals surface area contributed by atoms with Crippen molar-refractivity contribution in [2.45, 2.75) is 0 Å². The van der Waals surface area contributed by atoms with Crippen molar-refractivity contribution in [1.29, 1.82) is 0 Å². The second-order valence-electron chi connectivity index (χ2n) is 6.67. The quantitative estimate of drug-likeness (QED) is 0.416. The molecule has 0 spiro atoms. The van der Waals surface area contributed by atoms with E-state index in [1.54, 1.807) is 18.2 Å². The Morgan fingerprint density at radius 2 is 1.87 bits per heavy atom. The molecule has 7 nitrogen and oxygen atoms in total. The molecule has 0 aliphatic heterocycles. The molecule has 1 amide bonds. The fourth-order valence-electron chi connectivity index (χ4n) is 3.21. The summed E-state index contributed by atoms with van der Waals surface area (Å²) in [6.45, 7) is 0. The lowest BCUT2D eigenvalue weighted by Gasteiger charge is -2.11. The molecule has 0 aliphatic rings. The third-order valence-electron chi connectivity index (χ3n) is 4.71. The monoisotopic (exact) mass is 447 g/mol. The molecule has 0 atom stereocenters. The van der Waals surface area contributed by atoms with Crippen molar-refractivity contribution in [3.05, 3.63) is 93.4 Å². The standard InChI is InChI=1S/C22H14ClN5O2S/c23-14-7-5-13(6-8-14)18-9-10-19(31-18)22(30)27-16-3-1-2-4-17(16)28-20-15(11-26-28)21(29)25-12-24-20/h1-12H,(H,27,30)(H,24,25,29). The van der Waals surface area contributed by atoms with Gasteiger partial charge in [-0.15, -0.1) is 11.3 Å². The van der Waals surface area contributed by atoms with Crippen LogP contribution in [0.25, 0.3) is 27.2 Å². The maximum absolute atomic E-state index is 12.9. The average Bonchev–Trinajstić information content (AvgIpc) is 3.43. The molecular formula is C22H14ClN5O2S. The van der Waals surface area contributed by atoms with Gasteiger partial charge in [-0.2, -0.15) is 5.10 Å². The van der Waals surface area contributed by atoms with Crippen LogP contribution in [0.4, 0.5) is 5.69 Å². The normalized spacial score (nSPS) is 11.0. The molecule has 0 saturated heterocycles. The molecule has 2 aromatic carbocycles. The highest BCUT2D eigenvalue weighted by Gasteiger charge is 2.16. The van der Waals surface area contributed by atoms with E-state index in [4.69, 9.17) is 11.6 Å². The number of benzene rings is 2. The number of anilines is 1. The summed E-state index contributed by atoms with van der Waals surface area (Å²) in [5.74, 6) is -0.236. The predicted molar refractivity (Wildman–Crippen MR) is 122 cm³/mol. The Labute approximate surface area is 185 Å². The van der Waals surface area contributed by atoms with E-state index in [0.29, 0.717) is 32.3 Å². The van der Waals surface area contributed by atoms with Crippen LogP contribution < -0.4 is 10.9 Å². The van der Waals surface area contributed by atoms with Crippen LogP contribution in [0, 0.1) is 0 Å². The van der Waals surface area contributed by atoms with Crippen LogP contribution >= 0.6 is 22.9 Å². The zero-order valence-corrected chi connectivity index (χ0v) is 17.4. The van der Waals surface area contributed by atoms with Gasteiger partial charge in [-0.3, -0.25) is 9.59 Å². The number of nitrogens with one attached hydrogen (secondary N) is 2. The maximum atomic E-state index is 12.9. The molecule has 0 unspecified atom stereocenters. The van der Waals surface area contributed by atoms with Gasteiger partial charge in [-0.05, 0) is 42.0 Å². The molecule has 5 rings (SSSR count). The Hall–Kier alpha value is -3.75. The smallest absolute Gasteiger partial charge is 0.265 e. The summed E-state index contributed by atoms with van der Waals surface area (Å²) in [6.07, 6.45) is 2.78. The Morgan fingerprint density at radius 1 is 1.06 bits per heavy atom. The third kappa shape index (κ3) is 3.63. The number of aromatic amines is 1. The van der Waals surface area contributed by atoms with Gasteiger partial charge in [-0.25, -0.2) is 9.67 Å². The van der Waals surface area contributed by atoms with Gasteiger partial charge in [0.15, 0.2) is 5.65 Å². The van der Waals surface area contributed by atoms with Gasteiger partial charge in [0.05, 0.1) is 28.8 Å². The fourth-order valence-corrected chi connectivity index (χ4v) is 4.24. The van der Waals surface area contributed by atoms with Crippen LogP contribution in [-0.4, -0.2) is 25.7 Å². The topological polar surface area (TPSA) is 92.7 Å². The first-order valence-corrected chi connectivity index (χ1v) is 10.5. The summed E-state index contributed by atoms with van der Waals surface area (Å²) in [5, 5.41) is 8.27. The predicted octanol–water partition coefficient (Wildman–Crippen LogP) is 4.74. The van der Waals surface area contributed by atoms with Crippen molar-refractivity contribution in [2.75, 3.05) is 5.32 Å². The van der Waals surface area contributed by atoms with Gasteiger partial charge in [0.2, 0.25) is 0 Å². The van der Waals surface area contributed by atoms with Crippen molar-refractivity contribution >= 4 is 45.6 Å². The summed E-state index contributed by atoms with van der Waals surface area (Å²) in [7, 11) is 0. The highest BCUT2D eigenvalue weighted by atomic mass is 35.5. The van der Waals surface area contributed by atoms with Gasteiger partial charge in [-0.1, -0.05) is 35.9 Å². The van der Waals surface area contributed by atoms with Crippen molar-refractivity contribution in [2.24, 2.45) is 0 Å². The molecule has 0 bridgehead atoms. The largest absolute Gasteiger partial charge is 0.319 e. The summed E-state index contributed by atoms with van der Waals surface area (Å²) >= 11 is 7.35. The summed E-state index contributed by atoms with van der Waals surface area (Å²) < 4.78 is 1.54. The first-order valence-electron chi connectivity index (χ1n) is 9.28. The Kier molecular flexibility index (Phi) is 4.85. The minimum atomic E-state index is -0.272. The lowest BCUT2D eigenvalue weighted by atomic mass is 10.2. The number of carbonyl (C=O) groups is 1. The lowest BCUT2D eigenvalue weighted by Crippen LogP contribution is -2.13. The lowest BCUT2D eigenvalue weighted by molar-refractivity contribution is 0.103. The van der Waals surface area contributed by atoms with E-state index in [9.17, 15) is 9.59 Å². The molecule has 2 N–H and O–H groups in total. The average molecular weight is 448 g/mol. The van der Waals surface area contributed by atoms with Gasteiger partial charge < -0.3 is 10.3 Å². The molecule has 5 aromatic rings. The number of thiophene rings is 1.